The summed E-state index contributed by atoms with van der Waals surface area (Å²) < 4.78 is 26.8. The Hall–Kier alpha value is -2.84. The highest BCUT2D eigenvalue weighted by molar-refractivity contribution is 5.55. The van der Waals surface area contributed by atoms with Crippen molar-refractivity contribution in [3.63, 3.8) is 0 Å². The zero-order chi connectivity index (χ0) is 20.8. The van der Waals surface area contributed by atoms with Crippen LogP contribution >= 0.6 is 0 Å². The minimum absolute atomic E-state index is 0.121. The van der Waals surface area contributed by atoms with E-state index in [1.54, 1.807) is 12.1 Å². The first-order chi connectivity index (χ1) is 13.4. The second-order valence-corrected chi connectivity index (χ2v) is 6.06. The van der Waals surface area contributed by atoms with Crippen LogP contribution in [0.5, 0.6) is 34.5 Å². The first-order valence-electron chi connectivity index (χ1n) is 8.53. The first kappa shape index (κ1) is 21.5. The van der Waals surface area contributed by atoms with Gasteiger partial charge >= 0.3 is 0 Å². The number of hydrogen-bond donors (Lipinski definition) is 3. The van der Waals surface area contributed by atoms with E-state index in [0.29, 0.717) is 17.1 Å². The van der Waals surface area contributed by atoms with Crippen molar-refractivity contribution in [3.05, 3.63) is 35.4 Å². The summed E-state index contributed by atoms with van der Waals surface area (Å²) in [6.45, 7) is 1.38. The first-order valence-corrected chi connectivity index (χ1v) is 8.53. The molecule has 0 saturated carbocycles. The minimum atomic E-state index is -1.26. The van der Waals surface area contributed by atoms with E-state index in [-0.39, 0.29) is 23.0 Å². The summed E-state index contributed by atoms with van der Waals surface area (Å²) in [6, 6.07) is 6.40. The fraction of sp³-hybridized carbons (Fsp3) is 0.400. The fourth-order valence-electron chi connectivity index (χ4n) is 2.78. The molecular formula is C20H26O8. The van der Waals surface area contributed by atoms with E-state index in [0.717, 1.165) is 5.56 Å². The summed E-state index contributed by atoms with van der Waals surface area (Å²) in [5, 5.41) is 30.7. The molecule has 0 aromatic heterocycles. The average molecular weight is 394 g/mol. The number of ether oxygens (including phenoxy) is 5. The van der Waals surface area contributed by atoms with E-state index in [1.165, 1.54) is 40.6 Å². The molecule has 0 radical (unpaired) electrons. The number of aliphatic hydroxyl groups is 2. The van der Waals surface area contributed by atoms with Crippen LogP contribution in [0.1, 0.15) is 17.2 Å². The number of benzene rings is 2. The second-order valence-electron chi connectivity index (χ2n) is 6.06. The average Bonchev–Trinajstić information content (AvgIpc) is 2.71. The molecule has 2 atom stereocenters. The van der Waals surface area contributed by atoms with Crippen LogP contribution < -0.4 is 23.7 Å². The van der Waals surface area contributed by atoms with Gasteiger partial charge in [-0.05, 0) is 42.3 Å². The molecule has 0 aliphatic carbocycles. The number of aromatic hydroxyl groups is 1. The van der Waals surface area contributed by atoms with E-state index >= 15 is 0 Å². The molecule has 0 fully saturated rings. The number of phenols is 1. The number of rotatable bonds is 9. The molecule has 0 spiro atoms. The summed E-state index contributed by atoms with van der Waals surface area (Å²) in [4.78, 5) is 0. The standard InChI is InChI=1S/C20H26O8/c1-11-6-15(26-4)20(16(7-11)27-5)28-17(10-21)18(22)12-8-13(24-2)19(23)14(9-12)25-3/h6-9,17-18,21-23H,10H2,1-5H3. The van der Waals surface area contributed by atoms with Gasteiger partial charge in [-0.2, -0.15) is 0 Å². The maximum atomic E-state index is 10.8. The lowest BCUT2D eigenvalue weighted by molar-refractivity contribution is -0.00184. The molecule has 3 N–H and O–H groups in total. The van der Waals surface area contributed by atoms with E-state index in [2.05, 4.69) is 0 Å². The predicted molar refractivity (Wildman–Crippen MR) is 102 cm³/mol. The lowest BCUT2D eigenvalue weighted by atomic mass is 10.0. The Bertz CT molecular complexity index is 755. The summed E-state index contributed by atoms with van der Waals surface area (Å²) in [7, 11) is 5.74. The van der Waals surface area contributed by atoms with Crippen molar-refractivity contribution in [2.75, 3.05) is 35.0 Å². The van der Waals surface area contributed by atoms with Gasteiger partial charge in [0.15, 0.2) is 29.1 Å². The van der Waals surface area contributed by atoms with Gasteiger partial charge in [-0.25, -0.2) is 0 Å². The SMILES string of the molecule is COc1cc(C(O)C(CO)Oc2c(OC)cc(C)cc2OC)cc(OC)c1O. The number of aliphatic hydroxyl groups excluding tert-OH is 2. The number of hydrogen-bond acceptors (Lipinski definition) is 8. The Kier molecular flexibility index (Phi) is 7.19. The molecule has 8 heteroatoms. The summed E-state index contributed by atoms with van der Waals surface area (Å²) in [5.74, 6) is 1.12. The molecule has 0 amide bonds. The van der Waals surface area contributed by atoms with Crippen molar-refractivity contribution in [3.8, 4) is 34.5 Å². The molecule has 2 aromatic rings. The maximum absolute atomic E-state index is 10.8. The van der Waals surface area contributed by atoms with Crippen molar-refractivity contribution >= 4 is 0 Å². The number of aryl methyl sites for hydroxylation is 1. The molecule has 0 saturated heterocycles. The molecule has 0 aliphatic rings. The zero-order valence-corrected chi connectivity index (χ0v) is 16.6. The van der Waals surface area contributed by atoms with E-state index < -0.39 is 18.8 Å². The topological polar surface area (TPSA) is 107 Å². The zero-order valence-electron chi connectivity index (χ0n) is 16.6. The van der Waals surface area contributed by atoms with Crippen LogP contribution in [0.25, 0.3) is 0 Å². The third-order valence-corrected chi connectivity index (χ3v) is 4.25. The van der Waals surface area contributed by atoms with Crippen molar-refractivity contribution < 1.29 is 39.0 Å². The highest BCUT2D eigenvalue weighted by Crippen LogP contribution is 2.42. The molecule has 154 valence electrons. The molecular weight excluding hydrogens is 368 g/mol. The van der Waals surface area contributed by atoms with Crippen LogP contribution in [0, 0.1) is 6.92 Å². The van der Waals surface area contributed by atoms with Crippen molar-refractivity contribution in [1.29, 1.82) is 0 Å². The summed E-state index contributed by atoms with van der Waals surface area (Å²) in [5.41, 5.74) is 1.23. The van der Waals surface area contributed by atoms with Gasteiger partial charge < -0.3 is 39.0 Å². The van der Waals surface area contributed by atoms with Crippen molar-refractivity contribution in [2.24, 2.45) is 0 Å². The highest BCUT2D eigenvalue weighted by atomic mass is 16.6. The van der Waals surface area contributed by atoms with Gasteiger partial charge in [0, 0.05) is 0 Å². The second kappa shape index (κ2) is 9.38. The summed E-state index contributed by atoms with van der Waals surface area (Å²) >= 11 is 0. The van der Waals surface area contributed by atoms with E-state index in [4.69, 9.17) is 23.7 Å². The Morgan fingerprint density at radius 2 is 1.29 bits per heavy atom. The fourth-order valence-corrected chi connectivity index (χ4v) is 2.78. The molecule has 2 unspecified atom stereocenters. The Morgan fingerprint density at radius 1 is 0.821 bits per heavy atom. The Balaban J connectivity index is 2.42. The van der Waals surface area contributed by atoms with E-state index in [1.807, 2.05) is 6.92 Å². The smallest absolute Gasteiger partial charge is 0.204 e. The number of methoxy groups -OCH3 is 4. The Labute approximate surface area is 163 Å². The Morgan fingerprint density at radius 3 is 1.68 bits per heavy atom. The normalized spacial score (nSPS) is 12.8. The lowest BCUT2D eigenvalue weighted by Gasteiger charge is -2.25. The van der Waals surface area contributed by atoms with Gasteiger partial charge in [-0.1, -0.05) is 0 Å². The quantitative estimate of drug-likeness (QED) is 0.594. The van der Waals surface area contributed by atoms with Crippen molar-refractivity contribution in [1.82, 2.24) is 0 Å². The maximum Gasteiger partial charge on any atom is 0.204 e. The van der Waals surface area contributed by atoms with Gasteiger partial charge in [0.05, 0.1) is 35.0 Å². The van der Waals surface area contributed by atoms with Crippen LogP contribution in [-0.2, 0) is 0 Å². The monoisotopic (exact) mass is 394 g/mol. The molecule has 0 bridgehead atoms. The molecule has 0 heterocycles. The van der Waals surface area contributed by atoms with Gasteiger partial charge in [0.1, 0.15) is 6.10 Å². The van der Waals surface area contributed by atoms with Crippen LogP contribution in [0.3, 0.4) is 0 Å². The van der Waals surface area contributed by atoms with Crippen LogP contribution in [0.2, 0.25) is 0 Å². The summed E-state index contributed by atoms with van der Waals surface area (Å²) in [6.07, 6.45) is -2.31. The van der Waals surface area contributed by atoms with E-state index in [9.17, 15) is 15.3 Å². The van der Waals surface area contributed by atoms with Gasteiger partial charge in [0.25, 0.3) is 0 Å². The predicted octanol–water partition coefficient (Wildman–Crippen LogP) is 2.21. The highest BCUT2D eigenvalue weighted by Gasteiger charge is 2.27. The largest absolute Gasteiger partial charge is 0.502 e. The van der Waals surface area contributed by atoms with Gasteiger partial charge in [-0.15, -0.1) is 0 Å². The van der Waals surface area contributed by atoms with Gasteiger partial charge in [-0.3, -0.25) is 0 Å². The van der Waals surface area contributed by atoms with Crippen LogP contribution in [0.4, 0.5) is 0 Å². The van der Waals surface area contributed by atoms with Crippen LogP contribution in [0.15, 0.2) is 24.3 Å². The molecule has 8 nitrogen and oxygen atoms in total. The third kappa shape index (κ3) is 4.35. The minimum Gasteiger partial charge on any atom is -0.502 e. The molecule has 2 rings (SSSR count). The third-order valence-electron chi connectivity index (χ3n) is 4.25. The molecule has 2 aromatic carbocycles. The van der Waals surface area contributed by atoms with Crippen molar-refractivity contribution in [2.45, 2.75) is 19.1 Å². The molecule has 0 aliphatic heterocycles. The molecule has 28 heavy (non-hydrogen) atoms. The van der Waals surface area contributed by atoms with Gasteiger partial charge in [0.2, 0.25) is 11.5 Å². The lowest BCUT2D eigenvalue weighted by Crippen LogP contribution is -2.29. The van der Waals surface area contributed by atoms with Crippen LogP contribution in [-0.4, -0.2) is 56.5 Å². The number of phenolic OH excluding ortho intramolecular Hbond substituents is 1.